The lowest BCUT2D eigenvalue weighted by Gasteiger charge is -2.46. The van der Waals surface area contributed by atoms with Crippen molar-refractivity contribution in [1.82, 2.24) is 15.1 Å². The van der Waals surface area contributed by atoms with Crippen LogP contribution in [-0.4, -0.2) is 50.0 Å². The van der Waals surface area contributed by atoms with Gasteiger partial charge in [0.05, 0.1) is 10.7 Å². The average Bonchev–Trinajstić information content (AvgIpc) is 2.87. The molecule has 0 aromatic heterocycles. The van der Waals surface area contributed by atoms with Crippen molar-refractivity contribution in [3.8, 4) is 0 Å². The zero-order valence-corrected chi connectivity index (χ0v) is 19.9. The summed E-state index contributed by atoms with van der Waals surface area (Å²) in [7, 11) is -1.65. The van der Waals surface area contributed by atoms with E-state index in [0.29, 0.717) is 0 Å². The van der Waals surface area contributed by atoms with Crippen molar-refractivity contribution in [3.63, 3.8) is 0 Å². The van der Waals surface area contributed by atoms with E-state index in [9.17, 15) is 0 Å². The zero-order valence-electron chi connectivity index (χ0n) is 16.5. The third-order valence-electron chi connectivity index (χ3n) is 6.32. The molecule has 0 atom stereocenters. The maximum Gasteiger partial charge on any atom is 0.192 e. The summed E-state index contributed by atoms with van der Waals surface area (Å²) in [5.74, 6) is 0. The first-order valence-electron chi connectivity index (χ1n) is 9.43. The topological polar surface area (TPSA) is 27.7 Å². The fourth-order valence-corrected chi connectivity index (χ4v) is 5.35. The second kappa shape index (κ2) is 7.28. The summed E-state index contributed by atoms with van der Waals surface area (Å²) < 4.78 is 7.37. The molecule has 0 aliphatic carbocycles. The van der Waals surface area contributed by atoms with Crippen molar-refractivity contribution in [2.75, 3.05) is 26.2 Å². The molecule has 7 heteroatoms. The molecule has 1 fully saturated rings. The first-order valence-corrected chi connectivity index (χ1v) is 13.5. The SMILES string of the molecule is CC(C)(C)[Si](C)(C)OCCN1CCC2(CC1)NC=C1C(Cl)=CC(Br)=CN12. The van der Waals surface area contributed by atoms with E-state index >= 15 is 0 Å². The third kappa shape index (κ3) is 3.95. The Kier molecular flexibility index (Phi) is 5.73. The maximum absolute atomic E-state index is 6.41. The molecule has 0 aromatic carbocycles. The van der Waals surface area contributed by atoms with Crippen molar-refractivity contribution in [2.45, 2.75) is 57.4 Å². The van der Waals surface area contributed by atoms with E-state index in [1.54, 1.807) is 0 Å². The number of piperidine rings is 1. The van der Waals surface area contributed by atoms with Gasteiger partial charge >= 0.3 is 0 Å². The molecule has 0 unspecified atom stereocenters. The van der Waals surface area contributed by atoms with Crippen LogP contribution >= 0.6 is 27.5 Å². The zero-order chi connectivity index (χ0) is 19.2. The Morgan fingerprint density at radius 3 is 2.58 bits per heavy atom. The maximum atomic E-state index is 6.41. The Hall–Kier alpha value is -0.273. The highest BCUT2D eigenvalue weighted by Crippen LogP contribution is 2.41. The molecular weight excluding hydrogens is 430 g/mol. The molecule has 1 saturated heterocycles. The Morgan fingerprint density at radius 1 is 1.31 bits per heavy atom. The number of nitrogens with one attached hydrogen (secondary N) is 1. The lowest BCUT2D eigenvalue weighted by Crippen LogP contribution is -2.57. The molecule has 1 N–H and O–H groups in total. The Labute approximate surface area is 172 Å². The highest BCUT2D eigenvalue weighted by atomic mass is 79.9. The van der Waals surface area contributed by atoms with Crippen LogP contribution in [0.25, 0.3) is 0 Å². The van der Waals surface area contributed by atoms with Crippen LogP contribution in [0.3, 0.4) is 0 Å². The number of halogens is 2. The van der Waals surface area contributed by atoms with Gasteiger partial charge in [-0.3, -0.25) is 0 Å². The number of hydrogen-bond acceptors (Lipinski definition) is 4. The molecule has 0 bridgehead atoms. The van der Waals surface area contributed by atoms with Crippen molar-refractivity contribution in [3.05, 3.63) is 33.7 Å². The Balaban J connectivity index is 1.52. The van der Waals surface area contributed by atoms with Crippen LogP contribution in [0.5, 0.6) is 0 Å². The molecule has 0 amide bonds. The fraction of sp³-hybridized carbons (Fsp3) is 0.684. The van der Waals surface area contributed by atoms with Gasteiger partial charge in [0.2, 0.25) is 0 Å². The second-order valence-electron chi connectivity index (χ2n) is 9.03. The van der Waals surface area contributed by atoms with Gasteiger partial charge in [0, 0.05) is 56.0 Å². The summed E-state index contributed by atoms with van der Waals surface area (Å²) in [6, 6.07) is 0. The smallest absolute Gasteiger partial charge is 0.192 e. The van der Waals surface area contributed by atoms with Crippen LogP contribution in [0.15, 0.2) is 33.7 Å². The lowest BCUT2D eigenvalue weighted by atomic mass is 9.95. The van der Waals surface area contributed by atoms with Crippen molar-refractivity contribution < 1.29 is 4.43 Å². The molecule has 3 aliphatic rings. The molecule has 146 valence electrons. The molecule has 1 spiro atoms. The van der Waals surface area contributed by atoms with E-state index in [0.717, 1.165) is 54.3 Å². The Morgan fingerprint density at radius 2 is 1.96 bits per heavy atom. The number of fused-ring (bicyclic) bond motifs is 2. The van der Waals surface area contributed by atoms with Gasteiger partial charge in [0.1, 0.15) is 5.66 Å². The minimum atomic E-state index is -1.65. The number of nitrogens with zero attached hydrogens (tertiary/aromatic N) is 2. The molecule has 3 aliphatic heterocycles. The van der Waals surface area contributed by atoms with E-state index in [-0.39, 0.29) is 10.7 Å². The van der Waals surface area contributed by atoms with Gasteiger partial charge in [-0.05, 0) is 40.1 Å². The molecule has 0 aromatic rings. The van der Waals surface area contributed by atoms with Crippen LogP contribution in [0.1, 0.15) is 33.6 Å². The molecular formula is C19H31BrClN3OSi. The molecule has 4 nitrogen and oxygen atoms in total. The number of likely N-dealkylation sites (tertiary alicyclic amines) is 1. The third-order valence-corrected chi connectivity index (χ3v) is 11.6. The average molecular weight is 461 g/mol. The minimum Gasteiger partial charge on any atom is -0.416 e. The van der Waals surface area contributed by atoms with Crippen LogP contribution in [0.2, 0.25) is 18.1 Å². The first kappa shape index (κ1) is 20.5. The summed E-state index contributed by atoms with van der Waals surface area (Å²) in [6.45, 7) is 15.5. The largest absolute Gasteiger partial charge is 0.416 e. The summed E-state index contributed by atoms with van der Waals surface area (Å²) in [4.78, 5) is 4.83. The van der Waals surface area contributed by atoms with Crippen molar-refractivity contribution in [2.24, 2.45) is 0 Å². The second-order valence-corrected chi connectivity index (χ2v) is 15.2. The van der Waals surface area contributed by atoms with Gasteiger partial charge in [-0.25, -0.2) is 0 Å². The van der Waals surface area contributed by atoms with Gasteiger partial charge in [-0.15, -0.1) is 0 Å². The summed E-state index contributed by atoms with van der Waals surface area (Å²) in [6.07, 6.45) is 8.29. The van der Waals surface area contributed by atoms with E-state index in [2.05, 4.69) is 77.3 Å². The monoisotopic (exact) mass is 459 g/mol. The standard InChI is InChI=1S/C19H31BrClN3OSi/c1-18(2,3)26(4,5)25-11-10-23-8-6-19(7-9-23)22-13-17-16(21)12-15(20)14-24(17)19/h12-14,22H,6-11H2,1-5H3. The van der Waals surface area contributed by atoms with E-state index in [1.807, 2.05) is 6.08 Å². The first-order chi connectivity index (χ1) is 12.0. The molecule has 0 saturated carbocycles. The fourth-order valence-electron chi connectivity index (χ4n) is 3.48. The Bertz CT molecular complexity index is 646. The highest BCUT2D eigenvalue weighted by molar-refractivity contribution is 9.11. The van der Waals surface area contributed by atoms with Gasteiger partial charge in [0.25, 0.3) is 0 Å². The molecule has 3 heterocycles. The van der Waals surface area contributed by atoms with Crippen LogP contribution in [-0.2, 0) is 4.43 Å². The number of hydrogen-bond donors (Lipinski definition) is 1. The normalized spacial score (nSPS) is 23.3. The van der Waals surface area contributed by atoms with E-state index in [1.165, 1.54) is 0 Å². The summed E-state index contributed by atoms with van der Waals surface area (Å²) >= 11 is 9.98. The predicted molar refractivity (Wildman–Crippen MR) is 116 cm³/mol. The predicted octanol–water partition coefficient (Wildman–Crippen LogP) is 4.92. The summed E-state index contributed by atoms with van der Waals surface area (Å²) in [5.41, 5.74) is 1.03. The van der Waals surface area contributed by atoms with Gasteiger partial charge in [-0.1, -0.05) is 32.4 Å². The van der Waals surface area contributed by atoms with Crippen LogP contribution in [0.4, 0.5) is 0 Å². The van der Waals surface area contributed by atoms with Gasteiger partial charge in [0.15, 0.2) is 8.32 Å². The quantitative estimate of drug-likeness (QED) is 0.603. The number of rotatable bonds is 4. The van der Waals surface area contributed by atoms with Gasteiger partial charge < -0.3 is 19.5 Å². The number of allylic oxidation sites excluding steroid dienone is 3. The van der Waals surface area contributed by atoms with Crippen LogP contribution < -0.4 is 5.32 Å². The van der Waals surface area contributed by atoms with E-state index in [4.69, 9.17) is 16.0 Å². The lowest BCUT2D eigenvalue weighted by molar-refractivity contribution is 0.0647. The van der Waals surface area contributed by atoms with Crippen LogP contribution in [0, 0.1) is 0 Å². The van der Waals surface area contributed by atoms with Crippen molar-refractivity contribution in [1.29, 1.82) is 0 Å². The molecule has 26 heavy (non-hydrogen) atoms. The minimum absolute atomic E-state index is 0.0421. The van der Waals surface area contributed by atoms with Crippen molar-refractivity contribution >= 4 is 35.8 Å². The van der Waals surface area contributed by atoms with E-state index < -0.39 is 8.32 Å². The summed E-state index contributed by atoms with van der Waals surface area (Å²) in [5, 5.41) is 4.67. The molecule has 3 rings (SSSR count). The molecule has 0 radical (unpaired) electrons. The van der Waals surface area contributed by atoms with Gasteiger partial charge in [-0.2, -0.15) is 0 Å². The highest BCUT2D eigenvalue weighted by Gasteiger charge is 2.44.